The fourth-order valence-electron chi connectivity index (χ4n) is 1.37. The minimum absolute atomic E-state index is 0.547. The highest BCUT2D eigenvalue weighted by Gasteiger charge is 2.10. The first-order valence-electron chi connectivity index (χ1n) is 4.07. The van der Waals surface area contributed by atoms with E-state index in [4.69, 9.17) is 16.3 Å². The predicted octanol–water partition coefficient (Wildman–Crippen LogP) is 4.25. The van der Waals surface area contributed by atoms with E-state index in [-0.39, 0.29) is 0 Å². The van der Waals surface area contributed by atoms with Gasteiger partial charge < -0.3 is 4.74 Å². The van der Waals surface area contributed by atoms with Crippen molar-refractivity contribution in [3.05, 3.63) is 26.6 Å². The van der Waals surface area contributed by atoms with Crippen molar-refractivity contribution in [1.82, 2.24) is 0 Å². The number of thiophene rings is 1. The van der Waals surface area contributed by atoms with Gasteiger partial charge in [-0.15, -0.1) is 22.9 Å². The SMILES string of the molecule is COc1c(I)sc2ccc(CCl)cc12. The molecule has 1 aromatic carbocycles. The zero-order valence-electron chi connectivity index (χ0n) is 7.51. The highest BCUT2D eigenvalue weighted by Crippen LogP contribution is 2.38. The summed E-state index contributed by atoms with van der Waals surface area (Å²) in [7, 11) is 1.71. The number of fused-ring (bicyclic) bond motifs is 1. The van der Waals surface area contributed by atoms with Crippen molar-refractivity contribution < 1.29 is 4.74 Å². The van der Waals surface area contributed by atoms with E-state index in [1.54, 1.807) is 18.4 Å². The van der Waals surface area contributed by atoms with Crippen LogP contribution in [0.15, 0.2) is 18.2 Å². The summed E-state index contributed by atoms with van der Waals surface area (Å²) in [5, 5.41) is 1.17. The average molecular weight is 339 g/mol. The second kappa shape index (κ2) is 4.24. The number of hydrogen-bond donors (Lipinski definition) is 0. The van der Waals surface area contributed by atoms with Crippen LogP contribution in [0.3, 0.4) is 0 Å². The van der Waals surface area contributed by atoms with E-state index in [0.717, 1.165) is 11.3 Å². The second-order valence-corrected chi connectivity index (χ2v) is 6.00. The quantitative estimate of drug-likeness (QED) is 0.587. The minimum Gasteiger partial charge on any atom is -0.494 e. The molecule has 0 saturated carbocycles. The van der Waals surface area contributed by atoms with Crippen molar-refractivity contribution in [2.75, 3.05) is 7.11 Å². The van der Waals surface area contributed by atoms with E-state index >= 15 is 0 Å². The molecule has 2 aromatic rings. The average Bonchev–Trinajstić information content (AvgIpc) is 2.52. The maximum atomic E-state index is 5.79. The first-order chi connectivity index (χ1) is 6.76. The summed E-state index contributed by atoms with van der Waals surface area (Å²) in [6.07, 6.45) is 0. The third-order valence-corrected chi connectivity index (χ3v) is 4.42. The van der Waals surface area contributed by atoms with Gasteiger partial charge in [0.1, 0.15) is 2.88 Å². The highest BCUT2D eigenvalue weighted by atomic mass is 127. The molecule has 0 saturated heterocycles. The molecule has 0 radical (unpaired) electrons. The molecule has 0 aliphatic heterocycles. The second-order valence-electron chi connectivity index (χ2n) is 2.87. The summed E-state index contributed by atoms with van der Waals surface area (Å²) in [4.78, 5) is 0. The van der Waals surface area contributed by atoms with Gasteiger partial charge in [0.2, 0.25) is 0 Å². The Morgan fingerprint density at radius 1 is 1.50 bits per heavy atom. The van der Waals surface area contributed by atoms with Gasteiger partial charge in [0.15, 0.2) is 5.75 Å². The highest BCUT2D eigenvalue weighted by molar-refractivity contribution is 14.1. The summed E-state index contributed by atoms with van der Waals surface area (Å²) in [5.41, 5.74) is 1.13. The van der Waals surface area contributed by atoms with E-state index in [2.05, 4.69) is 40.8 Å². The van der Waals surface area contributed by atoms with Crippen LogP contribution in [-0.2, 0) is 5.88 Å². The Kier molecular flexibility index (Phi) is 3.19. The smallest absolute Gasteiger partial charge is 0.150 e. The van der Waals surface area contributed by atoms with Crippen molar-refractivity contribution in [1.29, 1.82) is 0 Å². The molecule has 1 nitrogen and oxygen atoms in total. The van der Waals surface area contributed by atoms with Crippen LogP contribution in [0.1, 0.15) is 5.56 Å². The zero-order chi connectivity index (χ0) is 10.1. The molecule has 14 heavy (non-hydrogen) atoms. The first-order valence-corrected chi connectivity index (χ1v) is 6.50. The Balaban J connectivity index is 2.71. The maximum Gasteiger partial charge on any atom is 0.150 e. The molecular formula is C10H8ClIOS. The van der Waals surface area contributed by atoms with Gasteiger partial charge in [0.05, 0.1) is 7.11 Å². The number of hydrogen-bond acceptors (Lipinski definition) is 2. The van der Waals surface area contributed by atoms with E-state index in [0.29, 0.717) is 5.88 Å². The Hall–Kier alpha value is -0.0000000000000000555. The van der Waals surface area contributed by atoms with E-state index in [9.17, 15) is 0 Å². The first kappa shape index (κ1) is 10.5. The molecule has 4 heteroatoms. The van der Waals surface area contributed by atoms with Crippen LogP contribution in [-0.4, -0.2) is 7.11 Å². The van der Waals surface area contributed by atoms with Crippen molar-refractivity contribution >= 4 is 55.6 Å². The normalized spacial score (nSPS) is 10.8. The molecule has 74 valence electrons. The lowest BCUT2D eigenvalue weighted by Crippen LogP contribution is -1.83. The lowest BCUT2D eigenvalue weighted by atomic mass is 10.2. The summed E-state index contributed by atoms with van der Waals surface area (Å²) in [5.74, 6) is 1.52. The van der Waals surface area contributed by atoms with Gasteiger partial charge in [-0.25, -0.2) is 0 Å². The predicted molar refractivity (Wildman–Crippen MR) is 70.7 cm³/mol. The maximum absolute atomic E-state index is 5.79. The van der Waals surface area contributed by atoms with Gasteiger partial charge in [-0.05, 0) is 40.3 Å². The Labute approximate surface area is 105 Å². The van der Waals surface area contributed by atoms with Crippen LogP contribution in [0.25, 0.3) is 10.1 Å². The molecule has 0 unspecified atom stereocenters. The Morgan fingerprint density at radius 2 is 2.29 bits per heavy atom. The summed E-state index contributed by atoms with van der Waals surface area (Å²) >= 11 is 9.83. The van der Waals surface area contributed by atoms with Crippen LogP contribution >= 0.6 is 45.5 Å². The molecular weight excluding hydrogens is 331 g/mol. The fourth-order valence-corrected chi connectivity index (χ4v) is 3.63. The monoisotopic (exact) mass is 338 g/mol. The van der Waals surface area contributed by atoms with E-state index in [1.165, 1.54) is 13.0 Å². The van der Waals surface area contributed by atoms with Gasteiger partial charge in [-0.1, -0.05) is 6.07 Å². The molecule has 1 aromatic heterocycles. The van der Waals surface area contributed by atoms with Crippen LogP contribution in [0, 0.1) is 2.88 Å². The molecule has 0 aliphatic carbocycles. The third kappa shape index (κ3) is 1.73. The van der Waals surface area contributed by atoms with E-state index < -0.39 is 0 Å². The zero-order valence-corrected chi connectivity index (χ0v) is 11.2. The number of benzene rings is 1. The van der Waals surface area contributed by atoms with Crippen molar-refractivity contribution in [2.45, 2.75) is 5.88 Å². The lowest BCUT2D eigenvalue weighted by molar-refractivity contribution is 0.419. The lowest BCUT2D eigenvalue weighted by Gasteiger charge is -1.99. The summed E-state index contributed by atoms with van der Waals surface area (Å²) in [6.45, 7) is 0. The summed E-state index contributed by atoms with van der Waals surface area (Å²) in [6, 6.07) is 6.25. The third-order valence-electron chi connectivity index (χ3n) is 2.03. The minimum atomic E-state index is 0.547. The standard InChI is InChI=1S/C10H8ClIOS/c1-13-9-7-4-6(5-11)2-3-8(7)14-10(9)12/h2-4H,5H2,1H3. The summed E-state index contributed by atoms with van der Waals surface area (Å²) < 4.78 is 7.79. The molecule has 0 atom stereocenters. The molecule has 2 rings (SSSR count). The number of halogens is 2. The van der Waals surface area contributed by atoms with Crippen LogP contribution < -0.4 is 4.74 Å². The van der Waals surface area contributed by atoms with Gasteiger partial charge in [-0.2, -0.15) is 0 Å². The van der Waals surface area contributed by atoms with Crippen molar-refractivity contribution in [3.63, 3.8) is 0 Å². The van der Waals surface area contributed by atoms with Crippen molar-refractivity contribution in [3.8, 4) is 5.75 Å². The fraction of sp³-hybridized carbons (Fsp3) is 0.200. The molecule has 0 aliphatic rings. The molecule has 0 amide bonds. The molecule has 0 fully saturated rings. The molecule has 0 N–H and O–H groups in total. The Bertz CT molecular complexity index is 466. The topological polar surface area (TPSA) is 9.23 Å². The van der Waals surface area contributed by atoms with Gasteiger partial charge in [0, 0.05) is 16.0 Å². The Morgan fingerprint density at radius 3 is 2.93 bits per heavy atom. The van der Waals surface area contributed by atoms with Crippen molar-refractivity contribution in [2.24, 2.45) is 0 Å². The molecule has 0 bridgehead atoms. The molecule has 0 spiro atoms. The number of methoxy groups -OCH3 is 1. The van der Waals surface area contributed by atoms with Gasteiger partial charge in [0.25, 0.3) is 0 Å². The van der Waals surface area contributed by atoms with Crippen LogP contribution in [0.2, 0.25) is 0 Å². The number of ether oxygens (including phenoxy) is 1. The van der Waals surface area contributed by atoms with Gasteiger partial charge >= 0.3 is 0 Å². The number of rotatable bonds is 2. The largest absolute Gasteiger partial charge is 0.494 e. The van der Waals surface area contributed by atoms with Crippen LogP contribution in [0.5, 0.6) is 5.75 Å². The van der Waals surface area contributed by atoms with E-state index in [1.807, 2.05) is 0 Å². The number of alkyl halides is 1. The van der Waals surface area contributed by atoms with Crippen LogP contribution in [0.4, 0.5) is 0 Å². The van der Waals surface area contributed by atoms with Gasteiger partial charge in [-0.3, -0.25) is 0 Å². The molecule has 1 heterocycles.